The predicted octanol–water partition coefficient (Wildman–Crippen LogP) is 4.49. The first kappa shape index (κ1) is 20.9. The van der Waals surface area contributed by atoms with Crippen molar-refractivity contribution in [1.29, 1.82) is 0 Å². The van der Waals surface area contributed by atoms with Crippen molar-refractivity contribution in [1.82, 2.24) is 4.90 Å². The van der Waals surface area contributed by atoms with Crippen molar-refractivity contribution < 1.29 is 14.0 Å². The molecule has 3 rings (SSSR count). The number of anilines is 1. The first-order valence-corrected chi connectivity index (χ1v) is 11.1. The molecule has 1 N–H and O–H groups in total. The molecule has 28 heavy (non-hydrogen) atoms. The molecule has 1 fully saturated rings. The summed E-state index contributed by atoms with van der Waals surface area (Å²) in [7, 11) is 0. The number of hydrogen-bond acceptors (Lipinski definition) is 3. The van der Waals surface area contributed by atoms with Gasteiger partial charge in [0, 0.05) is 22.7 Å². The minimum atomic E-state index is -0.250. The van der Waals surface area contributed by atoms with E-state index in [4.69, 9.17) is 0 Å². The maximum absolute atomic E-state index is 13.4. The number of hydrogen-bond donors (Lipinski definition) is 1. The monoisotopic (exact) mass is 464 g/mol. The maximum atomic E-state index is 13.4. The van der Waals surface area contributed by atoms with Crippen LogP contribution in [0.3, 0.4) is 0 Å². The molecule has 1 aliphatic heterocycles. The third-order valence-corrected chi connectivity index (χ3v) is 6.04. The summed E-state index contributed by atoms with van der Waals surface area (Å²) in [5.41, 5.74) is 1.63. The number of rotatable bonds is 7. The van der Waals surface area contributed by atoms with Crippen LogP contribution in [-0.4, -0.2) is 40.8 Å². The Morgan fingerprint density at radius 2 is 2.00 bits per heavy atom. The predicted molar refractivity (Wildman–Crippen MR) is 115 cm³/mol. The average molecular weight is 465 g/mol. The van der Waals surface area contributed by atoms with Crippen LogP contribution in [0.25, 0.3) is 0 Å². The molecule has 2 amide bonds. The quantitative estimate of drug-likeness (QED) is 0.656. The standard InChI is InChI=1S/C21H22BrFN2O2S/c22-16-5-2-7-18(12-16)24-20(26)13-28-14-21(27)25-9-3-8-19(25)11-15-4-1-6-17(23)10-15/h1-2,4-7,10,12,19H,3,8-9,11,13-14H2,(H,24,26). The number of nitrogens with one attached hydrogen (secondary N) is 1. The van der Waals surface area contributed by atoms with E-state index in [-0.39, 0.29) is 35.2 Å². The van der Waals surface area contributed by atoms with Crippen LogP contribution in [0.5, 0.6) is 0 Å². The first-order chi connectivity index (χ1) is 13.5. The molecule has 1 saturated heterocycles. The van der Waals surface area contributed by atoms with Gasteiger partial charge in [-0.15, -0.1) is 11.8 Å². The summed E-state index contributed by atoms with van der Waals surface area (Å²) in [5, 5.41) is 2.82. The number of benzene rings is 2. The molecule has 1 heterocycles. The van der Waals surface area contributed by atoms with Crippen molar-refractivity contribution in [2.45, 2.75) is 25.3 Å². The molecule has 2 aromatic rings. The zero-order valence-electron chi connectivity index (χ0n) is 15.4. The van der Waals surface area contributed by atoms with Gasteiger partial charge in [-0.2, -0.15) is 0 Å². The molecule has 7 heteroatoms. The molecule has 0 saturated carbocycles. The molecule has 0 spiro atoms. The summed E-state index contributed by atoms with van der Waals surface area (Å²) in [6, 6.07) is 14.0. The number of halogens is 2. The lowest BCUT2D eigenvalue weighted by Crippen LogP contribution is -2.38. The van der Waals surface area contributed by atoms with Crippen molar-refractivity contribution in [2.24, 2.45) is 0 Å². The summed E-state index contributed by atoms with van der Waals surface area (Å²) in [4.78, 5) is 26.5. The van der Waals surface area contributed by atoms with Crippen LogP contribution in [0.4, 0.5) is 10.1 Å². The highest BCUT2D eigenvalue weighted by Gasteiger charge is 2.28. The fourth-order valence-electron chi connectivity index (χ4n) is 3.39. The van der Waals surface area contributed by atoms with E-state index >= 15 is 0 Å². The lowest BCUT2D eigenvalue weighted by Gasteiger charge is -2.25. The van der Waals surface area contributed by atoms with E-state index in [1.165, 1.54) is 23.9 Å². The zero-order chi connectivity index (χ0) is 19.9. The molecule has 4 nitrogen and oxygen atoms in total. The zero-order valence-corrected chi connectivity index (χ0v) is 17.8. The Hall–Kier alpha value is -1.86. The number of nitrogens with zero attached hydrogens (tertiary/aromatic N) is 1. The maximum Gasteiger partial charge on any atom is 0.234 e. The second-order valence-corrected chi connectivity index (χ2v) is 8.67. The summed E-state index contributed by atoms with van der Waals surface area (Å²) >= 11 is 4.68. The van der Waals surface area contributed by atoms with Crippen molar-refractivity contribution in [3.63, 3.8) is 0 Å². The summed E-state index contributed by atoms with van der Waals surface area (Å²) < 4.78 is 14.3. The van der Waals surface area contributed by atoms with Crippen molar-refractivity contribution in [3.8, 4) is 0 Å². The van der Waals surface area contributed by atoms with E-state index in [9.17, 15) is 14.0 Å². The molecule has 148 valence electrons. The van der Waals surface area contributed by atoms with E-state index in [1.807, 2.05) is 35.2 Å². The summed E-state index contributed by atoms with van der Waals surface area (Å²) in [6.45, 7) is 0.726. The Balaban J connectivity index is 1.45. The van der Waals surface area contributed by atoms with Crippen LogP contribution < -0.4 is 5.32 Å². The first-order valence-electron chi connectivity index (χ1n) is 9.18. The molecular weight excluding hydrogens is 443 g/mol. The highest BCUT2D eigenvalue weighted by Crippen LogP contribution is 2.23. The Labute approximate surface area is 177 Å². The van der Waals surface area contributed by atoms with Gasteiger partial charge in [-0.25, -0.2) is 4.39 Å². The molecule has 1 atom stereocenters. The van der Waals surface area contributed by atoms with Crippen molar-refractivity contribution in [3.05, 3.63) is 64.4 Å². The van der Waals surface area contributed by atoms with Gasteiger partial charge in [0.15, 0.2) is 0 Å². The van der Waals surface area contributed by atoms with Gasteiger partial charge < -0.3 is 10.2 Å². The van der Waals surface area contributed by atoms with Gasteiger partial charge in [0.2, 0.25) is 11.8 Å². The van der Waals surface area contributed by atoms with Gasteiger partial charge in [0.05, 0.1) is 11.5 Å². The fraction of sp³-hybridized carbons (Fsp3) is 0.333. The molecule has 0 aromatic heterocycles. The summed E-state index contributed by atoms with van der Waals surface area (Å²) in [5.74, 6) is 0.153. The normalized spacial score (nSPS) is 16.2. The van der Waals surface area contributed by atoms with E-state index in [0.29, 0.717) is 6.42 Å². The Morgan fingerprint density at radius 1 is 1.18 bits per heavy atom. The number of carbonyl (C=O) groups excluding carboxylic acids is 2. The lowest BCUT2D eigenvalue weighted by atomic mass is 10.0. The highest BCUT2D eigenvalue weighted by atomic mass is 79.9. The molecule has 0 aliphatic carbocycles. The Morgan fingerprint density at radius 3 is 2.79 bits per heavy atom. The molecule has 0 bridgehead atoms. The van der Waals surface area contributed by atoms with Crippen molar-refractivity contribution in [2.75, 3.05) is 23.4 Å². The summed E-state index contributed by atoms with van der Waals surface area (Å²) in [6.07, 6.45) is 2.55. The Bertz CT molecular complexity index is 849. The molecule has 2 aromatic carbocycles. The van der Waals surface area contributed by atoms with Crippen molar-refractivity contribution >= 4 is 45.2 Å². The number of thioether (sulfide) groups is 1. The van der Waals surface area contributed by atoms with Crippen LogP contribution in [-0.2, 0) is 16.0 Å². The minimum absolute atomic E-state index is 0.0409. The van der Waals surface area contributed by atoms with E-state index in [0.717, 1.165) is 35.1 Å². The topological polar surface area (TPSA) is 49.4 Å². The van der Waals surface area contributed by atoms with Gasteiger partial charge in [-0.1, -0.05) is 34.1 Å². The number of amides is 2. The largest absolute Gasteiger partial charge is 0.339 e. The number of likely N-dealkylation sites (tertiary alicyclic amines) is 1. The SMILES string of the molecule is O=C(CSCC(=O)N1CCCC1Cc1cccc(F)c1)Nc1cccc(Br)c1. The van der Waals surface area contributed by atoms with Crippen LogP contribution in [0.2, 0.25) is 0 Å². The third kappa shape index (κ3) is 6.07. The van der Waals surface area contributed by atoms with Gasteiger partial charge in [-0.3, -0.25) is 9.59 Å². The fourth-order valence-corrected chi connectivity index (χ4v) is 4.49. The second kappa shape index (κ2) is 10.1. The molecular formula is C21H22BrFN2O2S. The number of carbonyl (C=O) groups is 2. The van der Waals surface area contributed by atoms with Gasteiger partial charge in [-0.05, 0) is 55.2 Å². The molecule has 1 aliphatic rings. The Kier molecular flexibility index (Phi) is 7.50. The van der Waals surface area contributed by atoms with Crippen LogP contribution >= 0.6 is 27.7 Å². The lowest BCUT2D eigenvalue weighted by molar-refractivity contribution is -0.129. The van der Waals surface area contributed by atoms with Gasteiger partial charge >= 0.3 is 0 Å². The average Bonchev–Trinajstić information content (AvgIpc) is 3.10. The van der Waals surface area contributed by atoms with Crippen LogP contribution in [0.15, 0.2) is 53.0 Å². The highest BCUT2D eigenvalue weighted by molar-refractivity contribution is 9.10. The second-order valence-electron chi connectivity index (χ2n) is 6.77. The van der Waals surface area contributed by atoms with Crippen LogP contribution in [0, 0.1) is 5.82 Å². The van der Waals surface area contributed by atoms with Gasteiger partial charge in [0.1, 0.15) is 5.82 Å². The van der Waals surface area contributed by atoms with Crippen LogP contribution in [0.1, 0.15) is 18.4 Å². The minimum Gasteiger partial charge on any atom is -0.339 e. The van der Waals surface area contributed by atoms with E-state index in [1.54, 1.807) is 6.07 Å². The van der Waals surface area contributed by atoms with E-state index < -0.39 is 0 Å². The molecule has 1 unspecified atom stereocenters. The van der Waals surface area contributed by atoms with Gasteiger partial charge in [0.25, 0.3) is 0 Å². The smallest absolute Gasteiger partial charge is 0.234 e. The van der Waals surface area contributed by atoms with E-state index in [2.05, 4.69) is 21.2 Å². The third-order valence-electron chi connectivity index (χ3n) is 4.62. The molecule has 0 radical (unpaired) electrons.